The molecule has 5 rings (SSSR count). The Balaban J connectivity index is 1.31. The number of carbonyl (C=O) groups excluding carboxylic acids is 3. The molecule has 9 nitrogen and oxygen atoms in total. The third kappa shape index (κ3) is 5.34. The molecule has 3 aromatic rings. The molecular formula is C25H25ClN4O5S. The summed E-state index contributed by atoms with van der Waals surface area (Å²) in [6, 6.07) is 12.1. The van der Waals surface area contributed by atoms with E-state index in [1.54, 1.807) is 30.3 Å². The average molecular weight is 529 g/mol. The summed E-state index contributed by atoms with van der Waals surface area (Å²) < 4.78 is 11.3. The van der Waals surface area contributed by atoms with Gasteiger partial charge >= 0.3 is 6.09 Å². The molecule has 2 fully saturated rings. The number of ether oxygens (including phenoxy) is 1. The van der Waals surface area contributed by atoms with Crippen LogP contribution in [0.3, 0.4) is 0 Å². The van der Waals surface area contributed by atoms with Crippen molar-refractivity contribution in [3.63, 3.8) is 0 Å². The largest absolute Gasteiger partial charge is 0.459 e. The number of amides is 3. The molecule has 1 unspecified atom stereocenters. The van der Waals surface area contributed by atoms with Gasteiger partial charge in [0, 0.05) is 18.8 Å². The third-order valence-electron chi connectivity index (χ3n) is 6.14. The first-order valence-electron chi connectivity index (χ1n) is 11.7. The van der Waals surface area contributed by atoms with Crippen LogP contribution < -0.4 is 20.4 Å². The summed E-state index contributed by atoms with van der Waals surface area (Å²) in [5.74, 6) is -0.433. The van der Waals surface area contributed by atoms with Gasteiger partial charge in [-0.05, 0) is 61.7 Å². The van der Waals surface area contributed by atoms with Crippen LogP contribution in [0.4, 0.5) is 21.9 Å². The Bertz CT molecular complexity index is 1260. The van der Waals surface area contributed by atoms with Crippen LogP contribution in [0.15, 0.2) is 53.1 Å². The molecule has 0 spiro atoms. The van der Waals surface area contributed by atoms with E-state index in [0.717, 1.165) is 31.6 Å². The van der Waals surface area contributed by atoms with Crippen LogP contribution in [0.1, 0.15) is 39.5 Å². The zero-order valence-corrected chi connectivity index (χ0v) is 20.9. The van der Waals surface area contributed by atoms with Gasteiger partial charge in [-0.1, -0.05) is 11.6 Å². The van der Waals surface area contributed by atoms with Crippen molar-refractivity contribution in [3.05, 3.63) is 63.7 Å². The first-order chi connectivity index (χ1) is 17.5. The number of halogens is 1. The highest BCUT2D eigenvalue weighted by atomic mass is 35.5. The predicted octanol–water partition coefficient (Wildman–Crippen LogP) is 4.99. The second-order valence-corrected chi connectivity index (χ2v) is 10.3. The predicted molar refractivity (Wildman–Crippen MR) is 138 cm³/mol. The fourth-order valence-electron chi connectivity index (χ4n) is 4.36. The molecule has 2 saturated heterocycles. The van der Waals surface area contributed by atoms with Crippen molar-refractivity contribution in [2.24, 2.45) is 0 Å². The van der Waals surface area contributed by atoms with Crippen molar-refractivity contribution in [1.29, 1.82) is 0 Å². The van der Waals surface area contributed by atoms with Crippen molar-refractivity contribution in [2.75, 3.05) is 41.3 Å². The minimum Gasteiger partial charge on any atom is -0.459 e. The number of benzene rings is 1. The number of nitrogens with zero attached hydrogens (tertiary/aromatic N) is 2. The number of rotatable bonds is 7. The van der Waals surface area contributed by atoms with Crippen LogP contribution in [0.25, 0.3) is 0 Å². The molecule has 4 heterocycles. The van der Waals surface area contributed by atoms with E-state index in [-0.39, 0.29) is 30.7 Å². The van der Waals surface area contributed by atoms with Crippen molar-refractivity contribution in [3.8, 4) is 0 Å². The van der Waals surface area contributed by atoms with E-state index in [0.29, 0.717) is 20.6 Å². The zero-order valence-electron chi connectivity index (χ0n) is 19.4. The van der Waals surface area contributed by atoms with Gasteiger partial charge in [-0.2, -0.15) is 0 Å². The van der Waals surface area contributed by atoms with E-state index < -0.39 is 12.2 Å². The number of furan rings is 1. The Morgan fingerprint density at radius 1 is 1.08 bits per heavy atom. The van der Waals surface area contributed by atoms with Gasteiger partial charge in [0.15, 0.2) is 5.76 Å². The molecule has 2 aliphatic rings. The molecule has 0 bridgehead atoms. The van der Waals surface area contributed by atoms with Gasteiger partial charge in [-0.25, -0.2) is 4.79 Å². The SMILES string of the molecule is O=C(Nc1cc(N2CC(CNC(=O)c3ccc(Cl)s3)OC2=O)ccc1N1CCCCC1)c1ccco1. The molecule has 2 N–H and O–H groups in total. The number of piperidine rings is 1. The summed E-state index contributed by atoms with van der Waals surface area (Å²) >= 11 is 7.08. The van der Waals surface area contributed by atoms with Crippen LogP contribution in [-0.2, 0) is 4.74 Å². The monoisotopic (exact) mass is 528 g/mol. The van der Waals surface area contributed by atoms with Crippen molar-refractivity contribution in [2.45, 2.75) is 25.4 Å². The average Bonchev–Trinajstić information content (AvgIpc) is 3.65. The number of thiophene rings is 1. The Kier molecular flexibility index (Phi) is 7.15. The number of anilines is 3. The minimum absolute atomic E-state index is 0.171. The lowest BCUT2D eigenvalue weighted by atomic mass is 10.1. The van der Waals surface area contributed by atoms with Crippen LogP contribution in [0.5, 0.6) is 0 Å². The molecule has 36 heavy (non-hydrogen) atoms. The second kappa shape index (κ2) is 10.6. The maximum Gasteiger partial charge on any atom is 0.414 e. The van der Waals surface area contributed by atoms with Crippen LogP contribution in [0, 0.1) is 0 Å². The molecule has 0 radical (unpaired) electrons. The van der Waals surface area contributed by atoms with E-state index >= 15 is 0 Å². The van der Waals surface area contributed by atoms with E-state index in [9.17, 15) is 14.4 Å². The topological polar surface area (TPSA) is 104 Å². The summed E-state index contributed by atoms with van der Waals surface area (Å²) in [6.45, 7) is 2.22. The quantitative estimate of drug-likeness (QED) is 0.447. The van der Waals surface area contributed by atoms with E-state index in [2.05, 4.69) is 15.5 Å². The van der Waals surface area contributed by atoms with Gasteiger partial charge in [-0.15, -0.1) is 11.3 Å². The normalized spacial score (nSPS) is 17.7. The standard InChI is InChI=1S/C25H25ClN4O5S/c26-22-9-8-21(36-22)24(32)27-14-17-15-30(25(33)35-17)16-6-7-19(29-10-2-1-3-11-29)18(13-16)28-23(31)20-5-4-12-34-20/h4-9,12-13,17H,1-3,10-11,14-15H2,(H,27,32)(H,28,31). The lowest BCUT2D eigenvalue weighted by molar-refractivity contribution is 0.0919. The Morgan fingerprint density at radius 2 is 1.92 bits per heavy atom. The van der Waals surface area contributed by atoms with E-state index in [1.165, 1.54) is 28.9 Å². The smallest absolute Gasteiger partial charge is 0.414 e. The first kappa shape index (κ1) is 24.2. The second-order valence-electron chi connectivity index (χ2n) is 8.61. The van der Waals surface area contributed by atoms with Gasteiger partial charge in [-0.3, -0.25) is 14.5 Å². The first-order valence-corrected chi connectivity index (χ1v) is 12.9. The fraction of sp³-hybridized carbons (Fsp3) is 0.320. The molecule has 2 aromatic heterocycles. The number of hydrogen-bond acceptors (Lipinski definition) is 7. The summed E-state index contributed by atoms with van der Waals surface area (Å²) in [7, 11) is 0. The maximum atomic E-state index is 12.8. The maximum absolute atomic E-state index is 12.8. The lowest BCUT2D eigenvalue weighted by Crippen LogP contribution is -2.34. The van der Waals surface area contributed by atoms with E-state index in [1.807, 2.05) is 12.1 Å². The number of hydrogen-bond donors (Lipinski definition) is 2. The molecule has 188 valence electrons. The van der Waals surface area contributed by atoms with Gasteiger partial charge in [0.25, 0.3) is 11.8 Å². The van der Waals surface area contributed by atoms with E-state index in [4.69, 9.17) is 20.8 Å². The van der Waals surface area contributed by atoms with Crippen molar-refractivity contribution in [1.82, 2.24) is 5.32 Å². The number of carbonyl (C=O) groups is 3. The highest BCUT2D eigenvalue weighted by molar-refractivity contribution is 7.18. The molecule has 0 aliphatic carbocycles. The molecule has 3 amide bonds. The highest BCUT2D eigenvalue weighted by Gasteiger charge is 2.33. The fourth-order valence-corrected chi connectivity index (χ4v) is 5.32. The lowest BCUT2D eigenvalue weighted by Gasteiger charge is -2.31. The van der Waals surface area contributed by atoms with Gasteiger partial charge in [0.1, 0.15) is 6.10 Å². The Labute approximate surface area is 217 Å². The number of nitrogens with one attached hydrogen (secondary N) is 2. The summed E-state index contributed by atoms with van der Waals surface area (Å²) in [5.41, 5.74) is 2.08. The third-order valence-corrected chi connectivity index (χ3v) is 7.37. The number of cyclic esters (lactones) is 1. The molecular weight excluding hydrogens is 504 g/mol. The summed E-state index contributed by atoms with van der Waals surface area (Å²) in [5, 5.41) is 5.73. The van der Waals surface area contributed by atoms with Gasteiger partial charge < -0.3 is 24.7 Å². The molecule has 1 atom stereocenters. The molecule has 1 aromatic carbocycles. The van der Waals surface area contributed by atoms with Gasteiger partial charge in [0.2, 0.25) is 0 Å². The van der Waals surface area contributed by atoms with Crippen LogP contribution in [0.2, 0.25) is 4.34 Å². The molecule has 11 heteroatoms. The summed E-state index contributed by atoms with van der Waals surface area (Å²) in [6.07, 6.45) is 3.76. The summed E-state index contributed by atoms with van der Waals surface area (Å²) in [4.78, 5) is 42.0. The highest BCUT2D eigenvalue weighted by Crippen LogP contribution is 2.34. The minimum atomic E-state index is -0.514. The Morgan fingerprint density at radius 3 is 2.64 bits per heavy atom. The van der Waals surface area contributed by atoms with Crippen molar-refractivity contribution < 1.29 is 23.5 Å². The Hall–Kier alpha value is -3.50. The van der Waals surface area contributed by atoms with Crippen molar-refractivity contribution >= 4 is 57.9 Å². The van der Waals surface area contributed by atoms with Crippen LogP contribution >= 0.6 is 22.9 Å². The van der Waals surface area contributed by atoms with Crippen LogP contribution in [-0.4, -0.2) is 50.2 Å². The molecule has 0 saturated carbocycles. The zero-order chi connectivity index (χ0) is 25.1. The molecule has 2 aliphatic heterocycles. The van der Waals surface area contributed by atoms with Gasteiger partial charge in [0.05, 0.1) is 39.9 Å².